The molecule has 0 unspecified atom stereocenters. The summed E-state index contributed by atoms with van der Waals surface area (Å²) < 4.78 is 12.4. The number of hydrogen-bond acceptors (Lipinski definition) is 1. The van der Waals surface area contributed by atoms with Crippen LogP contribution in [0.15, 0.2) is 127 Å². The molecule has 0 atom stereocenters. The van der Waals surface area contributed by atoms with Crippen molar-refractivity contribution >= 4 is 34.0 Å². The first-order chi connectivity index (χ1) is 17.5. The second kappa shape index (κ2) is 8.94. The molecule has 0 spiro atoms. The maximum absolute atomic E-state index is 12.4. The molecule has 0 amide bonds. The van der Waals surface area contributed by atoms with Crippen LogP contribution in [0, 0.1) is 0 Å². The average Bonchev–Trinajstić information content (AvgIpc) is 2.92. The zero-order chi connectivity index (χ0) is 24.7. The monoisotopic (exact) mass is 482 g/mol. The molecule has 0 fully saturated rings. The fourth-order valence-electron chi connectivity index (χ4n) is 5.20. The van der Waals surface area contributed by atoms with Crippen LogP contribution in [0.1, 0.15) is 0 Å². The molecule has 0 saturated carbocycles. The minimum atomic E-state index is -2.25. The van der Waals surface area contributed by atoms with Crippen molar-refractivity contribution in [3.05, 3.63) is 127 Å². The maximum atomic E-state index is 12.4. The van der Waals surface area contributed by atoms with Crippen LogP contribution < -0.4 is 5.30 Å². The van der Waals surface area contributed by atoms with Crippen LogP contribution in [0.2, 0.25) is 0 Å². The van der Waals surface area contributed by atoms with Crippen molar-refractivity contribution in [2.24, 2.45) is 0 Å². The minimum Gasteiger partial charge on any atom is -0.319 e. The molecule has 0 bridgehead atoms. The highest BCUT2D eigenvalue weighted by Gasteiger charge is 2.16. The standard InChI is InChI=1S/C34H27OP/c1-36(2,35)28-22-20-25(21-23-28)24-16-18-27(19-17-24)34-31-14-8-6-12-29(31)33(26-10-4-3-5-11-26)30-13-7-9-15-32(30)34/h3-23H,1-2H3. The van der Waals surface area contributed by atoms with E-state index >= 15 is 0 Å². The van der Waals surface area contributed by atoms with Crippen LogP contribution in [0.3, 0.4) is 0 Å². The molecule has 36 heavy (non-hydrogen) atoms. The quantitative estimate of drug-likeness (QED) is 0.181. The SMILES string of the molecule is CP(C)(=O)c1ccc(-c2ccc(-c3c4ccccc4c(-c4ccccc4)c4ccccc34)cc2)cc1. The number of rotatable bonds is 4. The van der Waals surface area contributed by atoms with Gasteiger partial charge in [0, 0.05) is 5.30 Å². The molecule has 0 aromatic heterocycles. The molecule has 2 heteroatoms. The summed E-state index contributed by atoms with van der Waals surface area (Å²) in [5.41, 5.74) is 7.27. The summed E-state index contributed by atoms with van der Waals surface area (Å²) in [5.74, 6) is 0. The first-order valence-corrected chi connectivity index (χ1v) is 14.9. The summed E-state index contributed by atoms with van der Waals surface area (Å²) in [4.78, 5) is 0. The topological polar surface area (TPSA) is 17.1 Å². The zero-order valence-corrected chi connectivity index (χ0v) is 21.4. The van der Waals surface area contributed by atoms with Crippen LogP contribution in [0.4, 0.5) is 0 Å². The number of hydrogen-bond donors (Lipinski definition) is 0. The van der Waals surface area contributed by atoms with Gasteiger partial charge in [0.1, 0.15) is 7.14 Å². The molecule has 6 aromatic carbocycles. The third-order valence-corrected chi connectivity index (χ3v) is 8.53. The van der Waals surface area contributed by atoms with E-state index in [1.807, 2.05) is 25.5 Å². The van der Waals surface area contributed by atoms with Gasteiger partial charge in [0.25, 0.3) is 0 Å². The van der Waals surface area contributed by atoms with Crippen LogP contribution >= 0.6 is 7.14 Å². The summed E-state index contributed by atoms with van der Waals surface area (Å²) in [6.45, 7) is 3.63. The molecule has 0 aliphatic carbocycles. The largest absolute Gasteiger partial charge is 0.319 e. The van der Waals surface area contributed by atoms with Gasteiger partial charge in [0.2, 0.25) is 0 Å². The zero-order valence-electron chi connectivity index (χ0n) is 20.5. The molecular weight excluding hydrogens is 455 g/mol. The summed E-state index contributed by atoms with van der Waals surface area (Å²) in [6, 6.07) is 45.1. The van der Waals surface area contributed by atoms with Crippen LogP contribution in [0.5, 0.6) is 0 Å². The fraction of sp³-hybridized carbons (Fsp3) is 0.0588. The Bertz CT molecular complexity index is 1690. The molecule has 174 valence electrons. The van der Waals surface area contributed by atoms with E-state index in [1.54, 1.807) is 0 Å². The van der Waals surface area contributed by atoms with Crippen LogP contribution in [-0.2, 0) is 4.57 Å². The van der Waals surface area contributed by atoms with Crippen molar-refractivity contribution in [1.82, 2.24) is 0 Å². The Labute approximate surface area is 212 Å². The Morgan fingerprint density at radius 2 is 0.722 bits per heavy atom. The Morgan fingerprint density at radius 3 is 1.14 bits per heavy atom. The van der Waals surface area contributed by atoms with E-state index in [9.17, 15) is 4.57 Å². The van der Waals surface area contributed by atoms with Crippen molar-refractivity contribution in [2.45, 2.75) is 0 Å². The molecule has 0 aliphatic heterocycles. The molecule has 1 nitrogen and oxygen atoms in total. The first-order valence-electron chi connectivity index (χ1n) is 12.3. The van der Waals surface area contributed by atoms with Gasteiger partial charge < -0.3 is 4.57 Å². The van der Waals surface area contributed by atoms with Crippen molar-refractivity contribution in [2.75, 3.05) is 13.3 Å². The lowest BCUT2D eigenvalue weighted by Crippen LogP contribution is -2.01. The Hall–Kier alpha value is -3.93. The molecule has 0 heterocycles. The first kappa shape index (κ1) is 22.5. The summed E-state index contributed by atoms with van der Waals surface area (Å²) in [6.07, 6.45) is 0. The maximum Gasteiger partial charge on any atom is 0.109 e. The van der Waals surface area contributed by atoms with Crippen molar-refractivity contribution in [1.29, 1.82) is 0 Å². The predicted octanol–water partition coefficient (Wildman–Crippen LogP) is 9.24. The van der Waals surface area contributed by atoms with Gasteiger partial charge in [0.15, 0.2) is 0 Å². The Kier molecular flexibility index (Phi) is 5.59. The van der Waals surface area contributed by atoms with E-state index in [2.05, 4.69) is 115 Å². The van der Waals surface area contributed by atoms with E-state index in [-0.39, 0.29) is 0 Å². The van der Waals surface area contributed by atoms with Gasteiger partial charge in [0.05, 0.1) is 0 Å². The predicted molar refractivity (Wildman–Crippen MR) is 157 cm³/mol. The lowest BCUT2D eigenvalue weighted by Gasteiger charge is -2.18. The summed E-state index contributed by atoms with van der Waals surface area (Å²) in [5, 5.41) is 5.96. The molecule has 0 aliphatic rings. The summed E-state index contributed by atoms with van der Waals surface area (Å²) in [7, 11) is -2.25. The van der Waals surface area contributed by atoms with Gasteiger partial charge in [-0.05, 0) is 68.3 Å². The molecular formula is C34H27OP. The molecule has 0 saturated heterocycles. The third kappa shape index (κ3) is 3.96. The molecule has 6 aromatic rings. The van der Waals surface area contributed by atoms with E-state index in [0.717, 1.165) is 16.4 Å². The highest BCUT2D eigenvalue weighted by Crippen LogP contribution is 2.43. The third-order valence-electron chi connectivity index (χ3n) is 6.99. The summed E-state index contributed by atoms with van der Waals surface area (Å²) >= 11 is 0. The van der Waals surface area contributed by atoms with Gasteiger partial charge in [-0.3, -0.25) is 0 Å². The van der Waals surface area contributed by atoms with Crippen molar-refractivity contribution in [3.8, 4) is 33.4 Å². The van der Waals surface area contributed by atoms with E-state index in [4.69, 9.17) is 0 Å². The van der Waals surface area contributed by atoms with Gasteiger partial charge in [-0.2, -0.15) is 0 Å². The normalized spacial score (nSPS) is 11.7. The van der Waals surface area contributed by atoms with E-state index < -0.39 is 7.14 Å². The fourth-order valence-corrected chi connectivity index (χ4v) is 6.06. The smallest absolute Gasteiger partial charge is 0.109 e. The van der Waals surface area contributed by atoms with Gasteiger partial charge >= 0.3 is 0 Å². The number of fused-ring (bicyclic) bond motifs is 2. The minimum absolute atomic E-state index is 0.916. The second-order valence-corrected chi connectivity index (χ2v) is 12.9. The van der Waals surface area contributed by atoms with E-state index in [0.29, 0.717) is 0 Å². The van der Waals surface area contributed by atoms with Gasteiger partial charge in [-0.15, -0.1) is 0 Å². The van der Waals surface area contributed by atoms with Crippen molar-refractivity contribution in [3.63, 3.8) is 0 Å². The van der Waals surface area contributed by atoms with E-state index in [1.165, 1.54) is 43.8 Å². The highest BCUT2D eigenvalue weighted by molar-refractivity contribution is 7.70. The van der Waals surface area contributed by atoms with Crippen LogP contribution in [-0.4, -0.2) is 13.3 Å². The van der Waals surface area contributed by atoms with Crippen molar-refractivity contribution < 1.29 is 4.57 Å². The average molecular weight is 483 g/mol. The second-order valence-electron chi connectivity index (χ2n) is 9.68. The molecule has 0 N–H and O–H groups in total. The van der Waals surface area contributed by atoms with Gasteiger partial charge in [-0.25, -0.2) is 0 Å². The Morgan fingerprint density at radius 1 is 0.389 bits per heavy atom. The number of benzene rings is 6. The molecule has 6 rings (SSSR count). The lowest BCUT2D eigenvalue weighted by atomic mass is 9.86. The van der Waals surface area contributed by atoms with Gasteiger partial charge in [-0.1, -0.05) is 127 Å². The highest BCUT2D eigenvalue weighted by atomic mass is 31.2. The molecule has 0 radical (unpaired) electrons. The Balaban J connectivity index is 1.53. The lowest BCUT2D eigenvalue weighted by molar-refractivity contribution is 0.588. The van der Waals surface area contributed by atoms with Crippen LogP contribution in [0.25, 0.3) is 54.9 Å².